The first kappa shape index (κ1) is 12.0. The largest absolute Gasteiger partial charge is 0.339 e. The van der Waals surface area contributed by atoms with Crippen LogP contribution in [0.25, 0.3) is 0 Å². The predicted molar refractivity (Wildman–Crippen MR) is 59.0 cm³/mol. The van der Waals surface area contributed by atoms with E-state index in [9.17, 15) is 14.4 Å². The zero-order valence-electron chi connectivity index (χ0n) is 10.1. The van der Waals surface area contributed by atoms with Gasteiger partial charge in [-0.05, 0) is 13.3 Å². The molecule has 0 saturated carbocycles. The number of carbonyl (C=O) groups excluding carboxylic acids is 3. The number of hydrogen-bond donors (Lipinski definition) is 1. The summed E-state index contributed by atoms with van der Waals surface area (Å²) in [5.41, 5.74) is -1.09. The van der Waals surface area contributed by atoms with Crippen LogP contribution >= 0.6 is 0 Å². The number of hydrogen-bond acceptors (Lipinski definition) is 4. The predicted octanol–water partition coefficient (Wildman–Crippen LogP) is 0.342. The van der Waals surface area contributed by atoms with Gasteiger partial charge in [-0.2, -0.15) is 0 Å². The van der Waals surface area contributed by atoms with Crippen LogP contribution in [0.2, 0.25) is 0 Å². The van der Waals surface area contributed by atoms with Gasteiger partial charge in [-0.1, -0.05) is 13.8 Å². The topological polar surface area (TPSA) is 75.8 Å². The van der Waals surface area contributed by atoms with Gasteiger partial charge in [0.05, 0.1) is 0 Å². The number of Topliss-reactive ketones (excluding diaryl/α,β-unsaturated/α-hetero) is 1. The van der Waals surface area contributed by atoms with E-state index in [-0.39, 0.29) is 11.7 Å². The number of allylic oxidation sites excluding steroid dienone is 1. The summed E-state index contributed by atoms with van der Waals surface area (Å²) >= 11 is 0. The van der Waals surface area contributed by atoms with Crippen LogP contribution in [0.3, 0.4) is 0 Å². The van der Waals surface area contributed by atoms with Crippen molar-refractivity contribution in [3.63, 3.8) is 0 Å². The molecule has 92 valence electrons. The van der Waals surface area contributed by atoms with Crippen LogP contribution in [0.1, 0.15) is 27.2 Å². The highest BCUT2D eigenvalue weighted by atomic mass is 16.6. The van der Waals surface area contributed by atoms with E-state index in [4.69, 9.17) is 4.74 Å². The highest BCUT2D eigenvalue weighted by molar-refractivity contribution is 6.23. The molecule has 2 rings (SSSR count). The van der Waals surface area contributed by atoms with E-state index in [1.807, 2.05) is 6.92 Å². The molecular weight excluding hydrogens is 222 g/mol. The van der Waals surface area contributed by atoms with Gasteiger partial charge >= 0.3 is 0 Å². The minimum absolute atomic E-state index is 0.177. The minimum atomic E-state index is -1.57. The number of rotatable bonds is 3. The third-order valence-electron chi connectivity index (χ3n) is 3.33. The van der Waals surface area contributed by atoms with Gasteiger partial charge in [0.15, 0.2) is 11.9 Å². The van der Waals surface area contributed by atoms with Crippen LogP contribution in [0.5, 0.6) is 0 Å². The third-order valence-corrected chi connectivity index (χ3v) is 3.33. The Labute approximate surface area is 99.2 Å². The molecule has 0 aromatic rings. The fraction of sp³-hybridized carbons (Fsp3) is 0.583. The first-order chi connectivity index (χ1) is 7.93. The fourth-order valence-electron chi connectivity index (χ4n) is 1.95. The maximum atomic E-state index is 11.9. The van der Waals surface area contributed by atoms with Crippen molar-refractivity contribution in [3.05, 3.63) is 11.8 Å². The summed E-state index contributed by atoms with van der Waals surface area (Å²) < 4.78 is 5.15. The van der Waals surface area contributed by atoms with Crippen LogP contribution in [-0.4, -0.2) is 29.2 Å². The lowest BCUT2D eigenvalue weighted by atomic mass is 9.88. The molecular formula is C12H15NO4. The summed E-state index contributed by atoms with van der Waals surface area (Å²) in [6.07, 6.45) is 1.07. The lowest BCUT2D eigenvalue weighted by Gasteiger charge is -2.16. The Bertz CT molecular complexity index is 440. The molecule has 2 heterocycles. The highest BCUT2D eigenvalue weighted by Crippen LogP contribution is 2.42. The molecule has 0 aromatic carbocycles. The number of epoxide rings is 1. The standard InChI is InChI=1S/C12H15NO4/c1-4-6(2)9(15)10-12(17-10)8(14)5-7(3)13-11(12)16/h5-6,10H,4H2,1-3H3,(H,13,16)/t6-,10-,12-/m0/s1. The van der Waals surface area contributed by atoms with Crippen LogP contribution in [0, 0.1) is 5.92 Å². The molecule has 1 spiro atoms. The number of amides is 1. The normalized spacial score (nSPS) is 33.1. The van der Waals surface area contributed by atoms with Crippen molar-refractivity contribution in [3.8, 4) is 0 Å². The first-order valence-electron chi connectivity index (χ1n) is 5.69. The Morgan fingerprint density at radius 1 is 1.59 bits per heavy atom. The average Bonchev–Trinajstić information content (AvgIpc) is 3.01. The second-order valence-corrected chi connectivity index (χ2v) is 4.59. The highest BCUT2D eigenvalue weighted by Gasteiger charge is 2.71. The van der Waals surface area contributed by atoms with E-state index in [1.54, 1.807) is 13.8 Å². The maximum absolute atomic E-state index is 11.9. The number of carbonyl (C=O) groups is 3. The molecule has 1 saturated heterocycles. The van der Waals surface area contributed by atoms with Gasteiger partial charge in [0.1, 0.15) is 0 Å². The van der Waals surface area contributed by atoms with Crippen LogP contribution in [0.15, 0.2) is 11.8 Å². The van der Waals surface area contributed by atoms with Crippen molar-refractivity contribution >= 4 is 17.5 Å². The molecule has 0 aromatic heterocycles. The van der Waals surface area contributed by atoms with Crippen molar-refractivity contribution in [1.82, 2.24) is 5.32 Å². The number of ketones is 2. The van der Waals surface area contributed by atoms with Gasteiger partial charge in [0.2, 0.25) is 11.4 Å². The van der Waals surface area contributed by atoms with Crippen molar-refractivity contribution in [2.75, 3.05) is 0 Å². The van der Waals surface area contributed by atoms with Gasteiger partial charge in [0, 0.05) is 17.7 Å². The van der Waals surface area contributed by atoms with E-state index >= 15 is 0 Å². The quantitative estimate of drug-likeness (QED) is 0.567. The SMILES string of the molecule is CC[C@H](C)C(=O)[C@@H]1O[C@@]12C(=O)C=C(C)NC2=O. The smallest absolute Gasteiger partial charge is 0.267 e. The molecule has 3 atom stereocenters. The summed E-state index contributed by atoms with van der Waals surface area (Å²) in [7, 11) is 0. The van der Waals surface area contributed by atoms with Crippen LogP contribution < -0.4 is 5.32 Å². The van der Waals surface area contributed by atoms with Crippen LogP contribution in [-0.2, 0) is 19.1 Å². The van der Waals surface area contributed by atoms with E-state index in [0.717, 1.165) is 0 Å². The monoisotopic (exact) mass is 237 g/mol. The minimum Gasteiger partial charge on any atom is -0.339 e. The van der Waals surface area contributed by atoms with Gasteiger partial charge in [-0.25, -0.2) is 0 Å². The summed E-state index contributed by atoms with van der Waals surface area (Å²) in [5, 5.41) is 2.53. The van der Waals surface area contributed by atoms with E-state index in [0.29, 0.717) is 12.1 Å². The molecule has 0 aliphatic carbocycles. The molecule has 0 radical (unpaired) electrons. The fourth-order valence-corrected chi connectivity index (χ4v) is 1.95. The van der Waals surface area contributed by atoms with Gasteiger partial charge in [-0.15, -0.1) is 0 Å². The first-order valence-corrected chi connectivity index (χ1v) is 5.69. The molecule has 0 unspecified atom stereocenters. The van der Waals surface area contributed by atoms with E-state index < -0.39 is 23.4 Å². The van der Waals surface area contributed by atoms with Crippen LogP contribution in [0.4, 0.5) is 0 Å². The Morgan fingerprint density at radius 3 is 2.76 bits per heavy atom. The molecule has 1 amide bonds. The van der Waals surface area contributed by atoms with Gasteiger partial charge < -0.3 is 10.1 Å². The van der Waals surface area contributed by atoms with Crippen molar-refractivity contribution in [2.45, 2.75) is 38.9 Å². The summed E-state index contributed by atoms with van der Waals surface area (Å²) in [4.78, 5) is 35.5. The van der Waals surface area contributed by atoms with E-state index in [2.05, 4.69) is 5.32 Å². The van der Waals surface area contributed by atoms with Crippen molar-refractivity contribution in [1.29, 1.82) is 0 Å². The third kappa shape index (κ3) is 1.61. The second-order valence-electron chi connectivity index (χ2n) is 4.59. The number of ether oxygens (including phenoxy) is 1. The molecule has 17 heavy (non-hydrogen) atoms. The Hall–Kier alpha value is -1.49. The Balaban J connectivity index is 2.22. The molecule has 5 nitrogen and oxygen atoms in total. The van der Waals surface area contributed by atoms with Gasteiger partial charge in [0.25, 0.3) is 5.91 Å². The summed E-state index contributed by atoms with van der Waals surface area (Å²) in [6, 6.07) is 0. The zero-order valence-corrected chi connectivity index (χ0v) is 10.1. The molecule has 1 fully saturated rings. The second kappa shape index (κ2) is 3.77. The lowest BCUT2D eigenvalue weighted by molar-refractivity contribution is -0.134. The molecule has 2 aliphatic rings. The molecule has 5 heteroatoms. The molecule has 1 N–H and O–H groups in total. The summed E-state index contributed by atoms with van der Waals surface area (Å²) in [5.74, 6) is -1.33. The lowest BCUT2D eigenvalue weighted by Crippen LogP contribution is -2.49. The van der Waals surface area contributed by atoms with E-state index in [1.165, 1.54) is 6.08 Å². The maximum Gasteiger partial charge on any atom is 0.267 e. The average molecular weight is 237 g/mol. The van der Waals surface area contributed by atoms with Crippen molar-refractivity contribution in [2.24, 2.45) is 5.92 Å². The molecule has 0 bridgehead atoms. The summed E-state index contributed by atoms with van der Waals surface area (Å²) in [6.45, 7) is 5.27. The molecule has 2 aliphatic heterocycles. The Kier molecular flexibility index (Phi) is 2.66. The van der Waals surface area contributed by atoms with Gasteiger partial charge in [-0.3, -0.25) is 14.4 Å². The number of nitrogens with one attached hydrogen (secondary N) is 1. The zero-order chi connectivity index (χ0) is 12.8. The van der Waals surface area contributed by atoms with Crippen molar-refractivity contribution < 1.29 is 19.1 Å². The Morgan fingerprint density at radius 2 is 2.24 bits per heavy atom.